The third-order valence-corrected chi connectivity index (χ3v) is 5.83. The molecular weight excluding hydrogens is 416 g/mol. The third-order valence-electron chi connectivity index (χ3n) is 5.83. The molecule has 1 unspecified atom stereocenters. The second kappa shape index (κ2) is 11.2. The minimum atomic E-state index is -0.385. The van der Waals surface area contributed by atoms with E-state index < -0.39 is 0 Å². The molecule has 0 amide bonds. The number of nitrogens with zero attached hydrogens (tertiary/aromatic N) is 4. The number of esters is 1. The molecule has 4 rings (SSSR count). The minimum absolute atomic E-state index is 0.353. The number of oxime groups is 1. The van der Waals surface area contributed by atoms with E-state index in [1.54, 1.807) is 18.3 Å². The molecule has 0 aliphatic carbocycles. The molecule has 1 fully saturated rings. The number of hydrogen-bond acceptors (Lipinski definition) is 7. The van der Waals surface area contributed by atoms with Gasteiger partial charge < -0.3 is 14.8 Å². The number of hydrogen-bond donors (Lipinski definition) is 1. The molecule has 1 atom stereocenters. The number of carbonyl (C=O) groups excluding carboxylic acids is 1. The van der Waals surface area contributed by atoms with Crippen molar-refractivity contribution in [2.24, 2.45) is 5.16 Å². The number of ether oxygens (including phenoxy) is 1. The fraction of sp³-hybridized carbons (Fsp3) is 0.269. The summed E-state index contributed by atoms with van der Waals surface area (Å²) in [6.45, 7) is 4.23. The van der Waals surface area contributed by atoms with E-state index in [0.717, 1.165) is 37.3 Å². The van der Waals surface area contributed by atoms with Crippen LogP contribution in [0.5, 0.6) is 0 Å². The van der Waals surface area contributed by atoms with E-state index in [0.29, 0.717) is 18.5 Å². The average molecular weight is 445 g/mol. The van der Waals surface area contributed by atoms with Gasteiger partial charge in [0.25, 0.3) is 0 Å². The summed E-state index contributed by atoms with van der Waals surface area (Å²) in [4.78, 5) is 21.5. The van der Waals surface area contributed by atoms with E-state index in [-0.39, 0.29) is 12.1 Å². The highest BCUT2D eigenvalue weighted by Gasteiger charge is 2.24. The summed E-state index contributed by atoms with van der Waals surface area (Å²) in [5.41, 5.74) is 3.43. The van der Waals surface area contributed by atoms with Crippen molar-refractivity contribution >= 4 is 17.9 Å². The Balaban J connectivity index is 1.45. The van der Waals surface area contributed by atoms with Crippen LogP contribution < -0.4 is 4.90 Å². The van der Waals surface area contributed by atoms with Crippen LogP contribution in [0.3, 0.4) is 0 Å². The Bertz CT molecular complexity index is 1050. The second-order valence-corrected chi connectivity index (χ2v) is 8.04. The van der Waals surface area contributed by atoms with Gasteiger partial charge in [-0.1, -0.05) is 47.6 Å². The van der Waals surface area contributed by atoms with Crippen molar-refractivity contribution in [3.05, 3.63) is 95.8 Å². The molecule has 1 aliphatic heterocycles. The lowest BCUT2D eigenvalue weighted by atomic mass is 10.0. The van der Waals surface area contributed by atoms with E-state index in [1.165, 1.54) is 18.1 Å². The first-order valence-electron chi connectivity index (χ1n) is 11.1. The fourth-order valence-corrected chi connectivity index (χ4v) is 4.12. The van der Waals surface area contributed by atoms with Crippen molar-refractivity contribution in [2.75, 3.05) is 37.6 Å². The van der Waals surface area contributed by atoms with Gasteiger partial charge in [0, 0.05) is 57.2 Å². The number of aromatic nitrogens is 1. The Morgan fingerprint density at radius 1 is 1.03 bits per heavy atom. The van der Waals surface area contributed by atoms with Gasteiger partial charge in [-0.15, -0.1) is 0 Å². The number of pyridine rings is 1. The SMILES string of the molecule is O=C(OC(Cc1ccccc1C=NO)CN1CCN(c2ccccc2)CC1)c1cccnc1. The zero-order valence-corrected chi connectivity index (χ0v) is 18.5. The van der Waals surface area contributed by atoms with Crippen molar-refractivity contribution in [3.63, 3.8) is 0 Å². The van der Waals surface area contributed by atoms with Crippen LogP contribution in [0.4, 0.5) is 5.69 Å². The standard InChI is InChI=1S/C26H28N4O3/c31-26(23-9-6-12-27-18-23)33-25(17-21-7-4-5-8-22(21)19-28-32)20-29-13-15-30(16-14-29)24-10-2-1-3-11-24/h1-12,18-19,25,32H,13-17,20H2. The van der Waals surface area contributed by atoms with Gasteiger partial charge >= 0.3 is 5.97 Å². The molecule has 1 saturated heterocycles. The molecule has 7 nitrogen and oxygen atoms in total. The maximum Gasteiger partial charge on any atom is 0.340 e. The van der Waals surface area contributed by atoms with Crippen LogP contribution in [0.15, 0.2) is 84.3 Å². The van der Waals surface area contributed by atoms with Gasteiger partial charge in [0.05, 0.1) is 11.8 Å². The Morgan fingerprint density at radius 3 is 2.52 bits per heavy atom. The largest absolute Gasteiger partial charge is 0.457 e. The zero-order chi connectivity index (χ0) is 22.9. The second-order valence-electron chi connectivity index (χ2n) is 8.04. The Labute approximate surface area is 193 Å². The summed E-state index contributed by atoms with van der Waals surface area (Å²) in [6.07, 6.45) is 4.73. The van der Waals surface area contributed by atoms with Crippen molar-refractivity contribution in [2.45, 2.75) is 12.5 Å². The molecule has 7 heteroatoms. The van der Waals surface area contributed by atoms with Gasteiger partial charge in [0.15, 0.2) is 0 Å². The number of piperazine rings is 1. The molecule has 33 heavy (non-hydrogen) atoms. The molecule has 0 spiro atoms. The van der Waals surface area contributed by atoms with E-state index in [1.807, 2.05) is 30.3 Å². The first-order valence-corrected chi connectivity index (χ1v) is 11.1. The highest BCUT2D eigenvalue weighted by atomic mass is 16.5. The van der Waals surface area contributed by atoms with Gasteiger partial charge in [-0.2, -0.15) is 0 Å². The Kier molecular flexibility index (Phi) is 7.66. The van der Waals surface area contributed by atoms with Crippen molar-refractivity contribution in [1.29, 1.82) is 0 Å². The molecule has 0 radical (unpaired) electrons. The number of anilines is 1. The summed E-state index contributed by atoms with van der Waals surface area (Å²) < 4.78 is 5.95. The fourth-order valence-electron chi connectivity index (χ4n) is 4.12. The molecule has 2 heterocycles. The van der Waals surface area contributed by atoms with Crippen LogP contribution in [0.2, 0.25) is 0 Å². The summed E-state index contributed by atoms with van der Waals surface area (Å²) in [7, 11) is 0. The van der Waals surface area contributed by atoms with Gasteiger partial charge in [-0.3, -0.25) is 9.88 Å². The molecule has 0 saturated carbocycles. The molecule has 1 aliphatic rings. The molecule has 170 valence electrons. The van der Waals surface area contributed by atoms with Gasteiger partial charge in [-0.25, -0.2) is 4.79 Å². The van der Waals surface area contributed by atoms with Gasteiger partial charge in [0.1, 0.15) is 6.10 Å². The summed E-state index contributed by atoms with van der Waals surface area (Å²) in [5.74, 6) is -0.385. The molecular formula is C26H28N4O3. The van der Waals surface area contributed by atoms with Crippen LogP contribution in [0.25, 0.3) is 0 Å². The molecule has 2 aromatic carbocycles. The number of benzene rings is 2. The summed E-state index contributed by atoms with van der Waals surface area (Å²) in [6, 6.07) is 21.5. The first-order chi connectivity index (χ1) is 16.2. The predicted molar refractivity (Wildman–Crippen MR) is 128 cm³/mol. The molecule has 0 bridgehead atoms. The quantitative estimate of drug-likeness (QED) is 0.248. The lowest BCUT2D eigenvalue weighted by Crippen LogP contribution is -2.49. The van der Waals surface area contributed by atoms with Crippen LogP contribution in [-0.4, -0.2) is 66.1 Å². The van der Waals surface area contributed by atoms with Crippen LogP contribution in [-0.2, 0) is 11.2 Å². The average Bonchev–Trinajstić information content (AvgIpc) is 2.87. The highest BCUT2D eigenvalue weighted by molar-refractivity contribution is 5.89. The lowest BCUT2D eigenvalue weighted by molar-refractivity contribution is 0.0198. The third kappa shape index (κ3) is 6.17. The molecule has 3 aromatic rings. The minimum Gasteiger partial charge on any atom is -0.457 e. The predicted octanol–water partition coefficient (Wildman–Crippen LogP) is 3.48. The van der Waals surface area contributed by atoms with E-state index in [2.05, 4.69) is 44.2 Å². The maximum atomic E-state index is 12.8. The lowest BCUT2D eigenvalue weighted by Gasteiger charge is -2.37. The topological polar surface area (TPSA) is 78.3 Å². The Hall–Kier alpha value is -3.71. The number of carbonyl (C=O) groups is 1. The monoisotopic (exact) mass is 444 g/mol. The van der Waals surface area contributed by atoms with Crippen molar-refractivity contribution < 1.29 is 14.7 Å². The van der Waals surface area contributed by atoms with E-state index in [4.69, 9.17) is 9.94 Å². The smallest absolute Gasteiger partial charge is 0.340 e. The Morgan fingerprint density at radius 2 is 1.79 bits per heavy atom. The van der Waals surface area contributed by atoms with Crippen molar-refractivity contribution in [3.8, 4) is 0 Å². The normalized spacial score (nSPS) is 15.5. The molecule has 1 aromatic heterocycles. The van der Waals surface area contributed by atoms with Crippen LogP contribution >= 0.6 is 0 Å². The molecule has 1 N–H and O–H groups in total. The number of para-hydroxylation sites is 1. The van der Waals surface area contributed by atoms with Crippen molar-refractivity contribution in [1.82, 2.24) is 9.88 Å². The zero-order valence-electron chi connectivity index (χ0n) is 18.5. The summed E-state index contributed by atoms with van der Waals surface area (Å²) >= 11 is 0. The van der Waals surface area contributed by atoms with Crippen LogP contribution in [0.1, 0.15) is 21.5 Å². The highest BCUT2D eigenvalue weighted by Crippen LogP contribution is 2.18. The van der Waals surface area contributed by atoms with Gasteiger partial charge in [0.2, 0.25) is 0 Å². The van der Waals surface area contributed by atoms with E-state index >= 15 is 0 Å². The maximum absolute atomic E-state index is 12.8. The first kappa shape index (κ1) is 22.5. The summed E-state index contributed by atoms with van der Waals surface area (Å²) in [5, 5.41) is 12.2. The van der Waals surface area contributed by atoms with Crippen LogP contribution in [0, 0.1) is 0 Å². The van der Waals surface area contributed by atoms with Gasteiger partial charge in [-0.05, 0) is 35.4 Å². The number of rotatable bonds is 8. The van der Waals surface area contributed by atoms with E-state index in [9.17, 15) is 4.79 Å².